The molecule has 24 heavy (non-hydrogen) atoms. The van der Waals surface area contributed by atoms with Crippen LogP contribution < -0.4 is 5.32 Å². The number of halogens is 1. The molecule has 3 rings (SSSR count). The minimum Gasteiger partial charge on any atom is -0.508 e. The largest absolute Gasteiger partial charge is 0.508 e. The third-order valence-corrected chi connectivity index (χ3v) is 3.74. The van der Waals surface area contributed by atoms with Gasteiger partial charge in [-0.3, -0.25) is 9.98 Å². The number of benzene rings is 2. The molecule has 3 aromatic rings. The Labute approximate surface area is 144 Å². The average Bonchev–Trinajstić information content (AvgIpc) is 2.56. The minimum absolute atomic E-state index is 0.00344. The van der Waals surface area contributed by atoms with Crippen LogP contribution in [0.3, 0.4) is 0 Å². The molecule has 0 aliphatic rings. The maximum Gasteiger partial charge on any atom is 0.128 e. The molecule has 122 valence electrons. The first-order chi connectivity index (χ1) is 11.6. The number of aromatic nitrogens is 1. The molecule has 0 radical (unpaired) electrons. The van der Waals surface area contributed by atoms with E-state index in [1.54, 1.807) is 18.5 Å². The van der Waals surface area contributed by atoms with Crippen molar-refractivity contribution in [2.24, 2.45) is 4.99 Å². The van der Waals surface area contributed by atoms with E-state index >= 15 is 0 Å². The number of anilines is 1. The zero-order valence-electron chi connectivity index (χ0n) is 12.8. The van der Waals surface area contributed by atoms with Gasteiger partial charge in [-0.15, -0.1) is 0 Å². The van der Waals surface area contributed by atoms with Crippen LogP contribution in [0.1, 0.15) is 5.56 Å². The van der Waals surface area contributed by atoms with Gasteiger partial charge in [0.1, 0.15) is 11.5 Å². The van der Waals surface area contributed by atoms with E-state index in [-0.39, 0.29) is 11.5 Å². The number of aliphatic imine (C=N–C) groups is 1. The second kappa shape index (κ2) is 7.19. The molecule has 0 atom stereocenters. The quantitative estimate of drug-likeness (QED) is 0.487. The number of fused-ring (bicyclic) bond motifs is 1. The van der Waals surface area contributed by atoms with E-state index in [4.69, 9.17) is 11.6 Å². The number of pyridine rings is 1. The summed E-state index contributed by atoms with van der Waals surface area (Å²) in [6, 6.07) is 11.9. The van der Waals surface area contributed by atoms with E-state index in [2.05, 4.69) is 15.3 Å². The van der Waals surface area contributed by atoms with E-state index in [1.165, 1.54) is 12.1 Å². The molecule has 0 amide bonds. The van der Waals surface area contributed by atoms with Crippen molar-refractivity contribution in [2.45, 2.75) is 0 Å². The number of phenolic OH excluding ortho intramolecular Hbond substituents is 2. The molecule has 2 aromatic carbocycles. The number of nitrogens with zero attached hydrogens (tertiary/aromatic N) is 2. The van der Waals surface area contributed by atoms with Gasteiger partial charge >= 0.3 is 0 Å². The fourth-order valence-electron chi connectivity index (χ4n) is 2.33. The molecule has 0 spiro atoms. The van der Waals surface area contributed by atoms with Crippen LogP contribution in [0, 0.1) is 0 Å². The van der Waals surface area contributed by atoms with E-state index in [0.29, 0.717) is 23.7 Å². The maximum absolute atomic E-state index is 9.68. The molecule has 0 fully saturated rings. The summed E-state index contributed by atoms with van der Waals surface area (Å²) in [5.41, 5.74) is 2.38. The zero-order valence-corrected chi connectivity index (χ0v) is 13.5. The van der Waals surface area contributed by atoms with Gasteiger partial charge in [-0.25, -0.2) is 0 Å². The first-order valence-electron chi connectivity index (χ1n) is 7.43. The SMILES string of the molecule is Oc1ccc(C=NCCNc2ccnc3cc(Cl)ccc23)c(O)c1. The summed E-state index contributed by atoms with van der Waals surface area (Å²) < 4.78 is 0. The Hall–Kier alpha value is -2.79. The van der Waals surface area contributed by atoms with Crippen LogP contribution in [-0.2, 0) is 0 Å². The highest BCUT2D eigenvalue weighted by Gasteiger charge is 2.02. The topological polar surface area (TPSA) is 77.7 Å². The summed E-state index contributed by atoms with van der Waals surface area (Å²) >= 11 is 5.98. The molecule has 3 N–H and O–H groups in total. The van der Waals surface area contributed by atoms with E-state index in [1.807, 2.05) is 24.3 Å². The molecule has 0 bridgehead atoms. The highest BCUT2D eigenvalue weighted by molar-refractivity contribution is 6.31. The molecule has 1 aromatic heterocycles. The van der Waals surface area contributed by atoms with Crippen LogP contribution in [0.25, 0.3) is 10.9 Å². The highest BCUT2D eigenvalue weighted by Crippen LogP contribution is 2.24. The summed E-state index contributed by atoms with van der Waals surface area (Å²) in [6.45, 7) is 1.18. The first-order valence-corrected chi connectivity index (χ1v) is 7.81. The summed E-state index contributed by atoms with van der Waals surface area (Å²) in [7, 11) is 0. The van der Waals surface area contributed by atoms with Gasteiger partial charge < -0.3 is 15.5 Å². The van der Waals surface area contributed by atoms with Gasteiger partial charge in [0.15, 0.2) is 0 Å². The maximum atomic E-state index is 9.68. The first kappa shape index (κ1) is 16.1. The van der Waals surface area contributed by atoms with Crippen molar-refractivity contribution in [2.75, 3.05) is 18.4 Å². The Morgan fingerprint density at radius 2 is 2.00 bits per heavy atom. The monoisotopic (exact) mass is 341 g/mol. The summed E-state index contributed by atoms with van der Waals surface area (Å²) in [6.07, 6.45) is 3.32. The predicted molar refractivity (Wildman–Crippen MR) is 97.5 cm³/mol. The summed E-state index contributed by atoms with van der Waals surface area (Å²) in [5.74, 6) is 0.0275. The Morgan fingerprint density at radius 3 is 2.83 bits per heavy atom. The molecular weight excluding hydrogens is 326 g/mol. The Balaban J connectivity index is 1.62. The van der Waals surface area contributed by atoms with Crippen molar-refractivity contribution in [3.8, 4) is 11.5 Å². The summed E-state index contributed by atoms with van der Waals surface area (Å²) in [4.78, 5) is 8.58. The van der Waals surface area contributed by atoms with Gasteiger partial charge in [-0.05, 0) is 36.4 Å². The van der Waals surface area contributed by atoms with Gasteiger partial charge in [-0.2, -0.15) is 0 Å². The van der Waals surface area contributed by atoms with Gasteiger partial charge in [-0.1, -0.05) is 11.6 Å². The average molecular weight is 342 g/mol. The van der Waals surface area contributed by atoms with Crippen molar-refractivity contribution >= 4 is 34.4 Å². The van der Waals surface area contributed by atoms with Crippen molar-refractivity contribution in [1.82, 2.24) is 4.98 Å². The van der Waals surface area contributed by atoms with Crippen LogP contribution in [-0.4, -0.2) is 34.5 Å². The number of hydrogen-bond donors (Lipinski definition) is 3. The van der Waals surface area contributed by atoms with Crippen molar-refractivity contribution in [3.05, 3.63) is 59.2 Å². The minimum atomic E-state index is 0.00344. The Kier molecular flexibility index (Phi) is 4.82. The second-order valence-corrected chi connectivity index (χ2v) is 5.66. The number of nitrogens with one attached hydrogen (secondary N) is 1. The van der Waals surface area contributed by atoms with E-state index < -0.39 is 0 Å². The van der Waals surface area contributed by atoms with Gasteiger partial charge in [0.05, 0.1) is 12.1 Å². The molecule has 0 aliphatic carbocycles. The second-order valence-electron chi connectivity index (χ2n) is 5.23. The molecule has 1 heterocycles. The standard InChI is InChI=1S/C18H16ClN3O2/c19-13-2-4-15-16(5-6-21-17(15)9-13)22-8-7-20-11-12-1-3-14(23)10-18(12)24/h1-6,9-11,23-24H,7-8H2,(H,21,22). The molecule has 0 unspecified atom stereocenters. The van der Waals surface area contributed by atoms with Crippen LogP contribution >= 0.6 is 11.6 Å². The fourth-order valence-corrected chi connectivity index (χ4v) is 2.50. The molecule has 0 aliphatic heterocycles. The number of hydrogen-bond acceptors (Lipinski definition) is 5. The Morgan fingerprint density at radius 1 is 1.12 bits per heavy atom. The molecule has 5 nitrogen and oxygen atoms in total. The molecule has 0 saturated heterocycles. The third kappa shape index (κ3) is 3.75. The lowest BCUT2D eigenvalue weighted by Crippen LogP contribution is -2.05. The van der Waals surface area contributed by atoms with Gasteiger partial charge in [0.2, 0.25) is 0 Å². The lowest BCUT2D eigenvalue weighted by atomic mass is 10.2. The van der Waals surface area contributed by atoms with Crippen molar-refractivity contribution < 1.29 is 10.2 Å². The van der Waals surface area contributed by atoms with Crippen molar-refractivity contribution in [1.29, 1.82) is 0 Å². The lowest BCUT2D eigenvalue weighted by molar-refractivity contribution is 0.450. The highest BCUT2D eigenvalue weighted by atomic mass is 35.5. The predicted octanol–water partition coefficient (Wildman–Crippen LogP) is 3.83. The molecule has 0 saturated carbocycles. The lowest BCUT2D eigenvalue weighted by Gasteiger charge is -2.08. The van der Waals surface area contributed by atoms with Gasteiger partial charge in [0, 0.05) is 46.7 Å². The third-order valence-electron chi connectivity index (χ3n) is 3.51. The summed E-state index contributed by atoms with van der Waals surface area (Å²) in [5, 5.41) is 23.9. The van der Waals surface area contributed by atoms with Gasteiger partial charge in [0.25, 0.3) is 0 Å². The van der Waals surface area contributed by atoms with E-state index in [0.717, 1.165) is 16.6 Å². The Bertz CT molecular complexity index is 897. The molecule has 6 heteroatoms. The van der Waals surface area contributed by atoms with Crippen LogP contribution in [0.2, 0.25) is 5.02 Å². The normalized spacial score (nSPS) is 11.2. The number of rotatable bonds is 5. The van der Waals surface area contributed by atoms with E-state index in [9.17, 15) is 10.2 Å². The number of aromatic hydroxyl groups is 2. The smallest absolute Gasteiger partial charge is 0.128 e. The van der Waals surface area contributed by atoms with Crippen LogP contribution in [0.5, 0.6) is 11.5 Å². The van der Waals surface area contributed by atoms with Crippen LogP contribution in [0.15, 0.2) is 53.7 Å². The van der Waals surface area contributed by atoms with Crippen molar-refractivity contribution in [3.63, 3.8) is 0 Å². The molecular formula is C18H16ClN3O2. The fraction of sp³-hybridized carbons (Fsp3) is 0.111. The zero-order chi connectivity index (χ0) is 16.9. The van der Waals surface area contributed by atoms with Crippen LogP contribution in [0.4, 0.5) is 5.69 Å². The number of phenols is 2.